The van der Waals surface area contributed by atoms with Gasteiger partial charge >= 0.3 is 6.03 Å². The number of rotatable bonds is 12. The number of nitrogens with two attached hydrogens (primary N) is 1. The second-order valence-corrected chi connectivity index (χ2v) is 14.9. The Morgan fingerprint density at radius 3 is 2.17 bits per heavy atom. The van der Waals surface area contributed by atoms with E-state index in [1.807, 2.05) is 26.0 Å². The van der Waals surface area contributed by atoms with Gasteiger partial charge in [-0.3, -0.25) is 24.0 Å². The van der Waals surface area contributed by atoms with Crippen molar-refractivity contribution in [3.63, 3.8) is 0 Å². The highest BCUT2D eigenvalue weighted by atomic mass is 19.3. The number of urea groups is 1. The van der Waals surface area contributed by atoms with Gasteiger partial charge < -0.3 is 26.6 Å². The Labute approximate surface area is 279 Å². The zero-order valence-electron chi connectivity index (χ0n) is 28.1. The molecule has 0 bridgehead atoms. The van der Waals surface area contributed by atoms with Crippen LogP contribution in [0.5, 0.6) is 0 Å². The zero-order chi connectivity index (χ0) is 35.9. The second kappa shape index (κ2) is 13.2. The molecule has 11 nitrogen and oxygen atoms in total. The van der Waals surface area contributed by atoms with Gasteiger partial charge in [-0.15, -0.1) is 0 Å². The van der Waals surface area contributed by atoms with E-state index in [-0.39, 0.29) is 18.2 Å². The number of nitrogens with one attached hydrogen (secondary N) is 3. The molecule has 1 aromatic rings. The molecule has 1 saturated carbocycles. The summed E-state index contributed by atoms with van der Waals surface area (Å²) >= 11 is 0. The van der Waals surface area contributed by atoms with Crippen LogP contribution in [0.3, 0.4) is 0 Å². The highest BCUT2D eigenvalue weighted by Crippen LogP contribution is 2.52. The van der Waals surface area contributed by atoms with Gasteiger partial charge in [0.05, 0.1) is 6.04 Å². The van der Waals surface area contributed by atoms with E-state index in [9.17, 15) is 37.5 Å². The minimum absolute atomic E-state index is 0.105. The number of Topliss-reactive ketones (excluding diaryl/α,β-unsaturated/α-hetero) is 2. The molecule has 5 amide bonds. The minimum Gasteiger partial charge on any atom is -0.363 e. The summed E-state index contributed by atoms with van der Waals surface area (Å²) in [7, 11) is 0. The highest BCUT2D eigenvalue weighted by Gasteiger charge is 2.59. The van der Waals surface area contributed by atoms with Crippen molar-refractivity contribution in [3.8, 4) is 0 Å². The maximum Gasteiger partial charge on any atom is 0.316 e. The van der Waals surface area contributed by atoms with E-state index in [4.69, 9.17) is 5.73 Å². The van der Waals surface area contributed by atoms with E-state index in [0.29, 0.717) is 11.1 Å². The number of carbonyl (C=O) groups is 6. The molecule has 5 N–H and O–H groups in total. The molecule has 48 heavy (non-hydrogen) atoms. The van der Waals surface area contributed by atoms with Gasteiger partial charge in [0.25, 0.3) is 11.8 Å². The lowest BCUT2D eigenvalue weighted by atomic mass is 9.75. The molecule has 1 aromatic carbocycles. The maximum absolute atomic E-state index is 14.4. The molecule has 2 aliphatic carbocycles. The van der Waals surface area contributed by atoms with Crippen molar-refractivity contribution < 1.29 is 37.5 Å². The van der Waals surface area contributed by atoms with Gasteiger partial charge in [-0.05, 0) is 24.2 Å². The zero-order valence-corrected chi connectivity index (χ0v) is 28.1. The molecule has 13 heteroatoms. The largest absolute Gasteiger partial charge is 0.363 e. The van der Waals surface area contributed by atoms with E-state index in [2.05, 4.69) is 22.5 Å². The number of hydrogen-bond donors (Lipinski definition) is 4. The molecule has 1 saturated heterocycles. The number of ketones is 2. The van der Waals surface area contributed by atoms with Crippen molar-refractivity contribution in [2.24, 2.45) is 34.3 Å². The van der Waals surface area contributed by atoms with E-state index < -0.39 is 95.1 Å². The third-order valence-electron chi connectivity index (χ3n) is 9.56. The molecule has 7 atom stereocenters. The molecule has 3 unspecified atom stereocenters. The molecule has 0 spiro atoms. The Balaban J connectivity index is 1.60. The number of halogens is 2. The van der Waals surface area contributed by atoms with Crippen molar-refractivity contribution in [1.29, 1.82) is 0 Å². The number of alkyl halides is 2. The predicted molar refractivity (Wildman–Crippen MR) is 173 cm³/mol. The average molecular weight is 670 g/mol. The number of carbonyl (C=O) groups excluding carboxylic acids is 6. The lowest BCUT2D eigenvalue weighted by molar-refractivity contribution is -0.145. The first kappa shape index (κ1) is 36.4. The third kappa shape index (κ3) is 7.65. The van der Waals surface area contributed by atoms with E-state index in [1.54, 1.807) is 58.0 Å². The summed E-state index contributed by atoms with van der Waals surface area (Å²) in [6, 6.07) is 2.52. The Kier molecular flexibility index (Phi) is 10.0. The molecule has 0 radical (unpaired) electrons. The van der Waals surface area contributed by atoms with Crippen LogP contribution < -0.4 is 21.7 Å². The topological polar surface area (TPSA) is 168 Å². The summed E-state index contributed by atoms with van der Waals surface area (Å²) in [6.07, 6.45) is 2.89. The normalized spacial score (nSPS) is 25.2. The van der Waals surface area contributed by atoms with Gasteiger partial charge in [0, 0.05) is 36.3 Å². The molecule has 260 valence electrons. The number of primary amides is 1. The summed E-state index contributed by atoms with van der Waals surface area (Å²) in [6.45, 7) is 14.5. The van der Waals surface area contributed by atoms with Gasteiger partial charge in [0.15, 0.2) is 5.78 Å². The Morgan fingerprint density at radius 2 is 1.65 bits per heavy atom. The molecular formula is C35H45F2N5O6. The van der Waals surface area contributed by atoms with Crippen LogP contribution in [0.25, 0.3) is 0 Å². The molecule has 2 fully saturated rings. The van der Waals surface area contributed by atoms with Gasteiger partial charge in [0.2, 0.25) is 17.6 Å². The van der Waals surface area contributed by atoms with E-state index in [0.717, 1.165) is 0 Å². The van der Waals surface area contributed by atoms with Crippen LogP contribution in [0.15, 0.2) is 54.6 Å². The fraction of sp³-hybridized carbons (Fsp3) is 0.543. The quantitative estimate of drug-likeness (QED) is 0.152. The SMILES string of the molecule is C=C(C)[C@H](NC(=O)N[C@H](C(=O)N1CC2C=CC(C)(C)[C@@H]2[C@H]1C(=O)NC(CC1CC1(F)F)C(=O)C(N)=O)C(C)(C)C)C(=O)c1ccccc1. The van der Waals surface area contributed by atoms with Crippen molar-refractivity contribution in [1.82, 2.24) is 20.9 Å². The molecule has 4 rings (SSSR count). The number of fused-ring (bicyclic) bond motifs is 1. The van der Waals surface area contributed by atoms with Gasteiger partial charge in [0.1, 0.15) is 18.1 Å². The van der Waals surface area contributed by atoms with Gasteiger partial charge in [-0.25, -0.2) is 13.6 Å². The summed E-state index contributed by atoms with van der Waals surface area (Å²) in [4.78, 5) is 80.9. The summed E-state index contributed by atoms with van der Waals surface area (Å²) < 4.78 is 27.6. The number of likely N-dealkylation sites (tertiary alicyclic amines) is 1. The smallest absolute Gasteiger partial charge is 0.316 e. The summed E-state index contributed by atoms with van der Waals surface area (Å²) in [5, 5.41) is 7.81. The number of nitrogens with zero attached hydrogens (tertiary/aromatic N) is 1. The Bertz CT molecular complexity index is 1540. The Hall–Kier alpha value is -4.42. The summed E-state index contributed by atoms with van der Waals surface area (Å²) in [5.41, 5.74) is 4.47. The lowest BCUT2D eigenvalue weighted by Gasteiger charge is -2.38. The van der Waals surface area contributed by atoms with Crippen molar-refractivity contribution >= 4 is 35.3 Å². The first-order valence-electron chi connectivity index (χ1n) is 16.0. The van der Waals surface area contributed by atoms with Crippen LogP contribution in [-0.4, -0.2) is 76.9 Å². The monoisotopic (exact) mass is 669 g/mol. The maximum atomic E-state index is 14.4. The van der Waals surface area contributed by atoms with Crippen molar-refractivity contribution in [3.05, 3.63) is 60.2 Å². The fourth-order valence-electron chi connectivity index (χ4n) is 6.81. The number of hydrogen-bond acceptors (Lipinski definition) is 6. The highest BCUT2D eigenvalue weighted by molar-refractivity contribution is 6.37. The van der Waals surface area contributed by atoms with Crippen LogP contribution in [0.4, 0.5) is 13.6 Å². The number of amides is 5. The fourth-order valence-corrected chi connectivity index (χ4v) is 6.81. The minimum atomic E-state index is -3.01. The standard InChI is InChI=1S/C35H45F2N5O6/c1-18(2)24(26(43)19-11-9-8-10-12-19)40-32(48)41-28(33(3,4)5)31(47)42-17-20-13-14-34(6,7)23(20)25(42)30(46)39-22(27(44)29(38)45)15-21-16-35(21,36)37/h8-14,20-25,28H,1,15-17H2,2-7H3,(H2,38,45)(H,39,46)(H2,40,41,48)/t20?,21?,22?,23-,24-,25-,28+/m0/s1. The summed E-state index contributed by atoms with van der Waals surface area (Å²) in [5.74, 6) is -9.28. The van der Waals surface area contributed by atoms with E-state index in [1.165, 1.54) is 4.90 Å². The van der Waals surface area contributed by atoms with Crippen molar-refractivity contribution in [2.75, 3.05) is 6.54 Å². The average Bonchev–Trinajstić information content (AvgIpc) is 3.28. The third-order valence-corrected chi connectivity index (χ3v) is 9.56. The predicted octanol–water partition coefficient (Wildman–Crippen LogP) is 3.15. The first-order valence-corrected chi connectivity index (χ1v) is 16.0. The molecular weight excluding hydrogens is 624 g/mol. The molecule has 3 aliphatic rings. The van der Waals surface area contributed by atoms with Gasteiger partial charge in [-0.2, -0.15) is 0 Å². The lowest BCUT2D eigenvalue weighted by Crippen LogP contribution is -2.62. The number of allylic oxidation sites excluding steroid dienone is 1. The van der Waals surface area contributed by atoms with Crippen LogP contribution in [-0.2, 0) is 19.2 Å². The van der Waals surface area contributed by atoms with Crippen LogP contribution >= 0.6 is 0 Å². The van der Waals surface area contributed by atoms with Crippen LogP contribution in [0.1, 0.15) is 64.7 Å². The number of benzene rings is 1. The second-order valence-electron chi connectivity index (χ2n) is 14.9. The van der Waals surface area contributed by atoms with Crippen molar-refractivity contribution in [2.45, 2.75) is 84.5 Å². The molecule has 0 aromatic heterocycles. The van der Waals surface area contributed by atoms with Crippen LogP contribution in [0.2, 0.25) is 0 Å². The van der Waals surface area contributed by atoms with Crippen LogP contribution in [0, 0.1) is 28.6 Å². The van der Waals surface area contributed by atoms with Gasteiger partial charge in [-0.1, -0.05) is 89.3 Å². The van der Waals surface area contributed by atoms with E-state index >= 15 is 0 Å². The molecule has 1 heterocycles. The Morgan fingerprint density at radius 1 is 1.04 bits per heavy atom. The first-order chi connectivity index (χ1) is 22.2. The molecule has 1 aliphatic heterocycles.